The topological polar surface area (TPSA) is 93.2 Å². The summed E-state index contributed by atoms with van der Waals surface area (Å²) in [4.78, 5) is 34.4. The number of benzene rings is 1. The Morgan fingerprint density at radius 2 is 1.89 bits per heavy atom. The first-order valence-electron chi connectivity index (χ1n) is 14.8. The Morgan fingerprint density at radius 3 is 2.55 bits per heavy atom. The van der Waals surface area contributed by atoms with Crippen LogP contribution in [0.1, 0.15) is 75.3 Å². The van der Waals surface area contributed by atoms with Gasteiger partial charge in [-0.05, 0) is 89.3 Å². The van der Waals surface area contributed by atoms with Crippen molar-refractivity contribution < 1.29 is 27.6 Å². The van der Waals surface area contributed by atoms with Crippen molar-refractivity contribution in [3.63, 3.8) is 0 Å². The van der Waals surface area contributed by atoms with E-state index in [1.54, 1.807) is 9.80 Å². The summed E-state index contributed by atoms with van der Waals surface area (Å²) in [5, 5.41) is 4.10. The molecular formula is C33H35F2N5O4. The second-order valence-corrected chi connectivity index (χ2v) is 12.4. The molecular weight excluding hydrogens is 568 g/mol. The lowest BCUT2D eigenvalue weighted by atomic mass is 9.93. The number of rotatable bonds is 4. The van der Waals surface area contributed by atoms with E-state index in [9.17, 15) is 18.4 Å². The minimum absolute atomic E-state index is 0.180. The van der Waals surface area contributed by atoms with E-state index in [-0.39, 0.29) is 17.7 Å². The number of anilines is 1. The van der Waals surface area contributed by atoms with Crippen molar-refractivity contribution in [3.05, 3.63) is 77.1 Å². The van der Waals surface area contributed by atoms with Gasteiger partial charge in [0.25, 0.3) is 0 Å². The molecule has 5 heterocycles. The number of carbonyl (C=O) groups excluding carboxylic acids is 2. The second kappa shape index (κ2) is 11.2. The standard InChI is InChI=1S/C33H35F2N5O4/c1-19-29(20(2)44-37-19)22-13-16-39-27(17-22)36-30(31(39)21-11-14-38(15-12-21)32(42)43-33(3,4)5)26-7-6-8-28(41)40(26)23-9-10-24(34)25(35)18-23/h9-11,13,16-18,26H,6-8,12,14-15H2,1-5H3/t26-/m0/s1. The molecule has 0 N–H and O–H groups in total. The van der Waals surface area contributed by atoms with E-state index in [1.165, 1.54) is 6.07 Å². The van der Waals surface area contributed by atoms with Gasteiger partial charge in [0.2, 0.25) is 5.91 Å². The Kier molecular flexibility index (Phi) is 7.51. The SMILES string of the molecule is Cc1noc(C)c1-c1ccn2c(C3=CCN(C(=O)OC(C)(C)C)CC3)c([C@@H]3CCCC(=O)N3c3ccc(F)c(F)c3)nc2c1. The summed E-state index contributed by atoms with van der Waals surface area (Å²) in [6.45, 7) is 10.0. The Hall–Kier alpha value is -4.54. The molecule has 0 saturated carbocycles. The van der Waals surface area contributed by atoms with Crippen LogP contribution in [0, 0.1) is 25.5 Å². The van der Waals surface area contributed by atoms with Crippen molar-refractivity contribution in [2.45, 2.75) is 71.9 Å². The van der Waals surface area contributed by atoms with Crippen molar-refractivity contribution >= 4 is 28.9 Å². The summed E-state index contributed by atoms with van der Waals surface area (Å²) in [5.74, 6) is -1.48. The third-order valence-corrected chi connectivity index (χ3v) is 8.09. The number of ether oxygens (including phenoxy) is 1. The molecule has 0 radical (unpaired) electrons. The first-order valence-corrected chi connectivity index (χ1v) is 14.8. The summed E-state index contributed by atoms with van der Waals surface area (Å²) in [7, 11) is 0. The maximum absolute atomic E-state index is 14.4. The minimum atomic E-state index is -1.02. The van der Waals surface area contributed by atoms with E-state index in [1.807, 2.05) is 63.4 Å². The zero-order chi connectivity index (χ0) is 31.3. The first-order chi connectivity index (χ1) is 20.9. The molecule has 9 nitrogen and oxygen atoms in total. The van der Waals surface area contributed by atoms with Crippen LogP contribution >= 0.6 is 0 Å². The maximum atomic E-state index is 14.4. The van der Waals surface area contributed by atoms with Gasteiger partial charge in [0, 0.05) is 43.0 Å². The smallest absolute Gasteiger partial charge is 0.410 e. The van der Waals surface area contributed by atoms with E-state index in [2.05, 4.69) is 5.16 Å². The van der Waals surface area contributed by atoms with Gasteiger partial charge in [0.15, 0.2) is 11.6 Å². The van der Waals surface area contributed by atoms with Crippen molar-refractivity contribution in [1.29, 1.82) is 0 Å². The molecule has 1 fully saturated rings. The molecule has 0 bridgehead atoms. The number of fused-ring (bicyclic) bond motifs is 1. The van der Waals surface area contributed by atoms with Crippen LogP contribution in [0.2, 0.25) is 0 Å². The van der Waals surface area contributed by atoms with Crippen LogP contribution in [0.4, 0.5) is 19.3 Å². The largest absolute Gasteiger partial charge is 0.444 e. The van der Waals surface area contributed by atoms with Crippen LogP contribution in [0.25, 0.3) is 22.3 Å². The minimum Gasteiger partial charge on any atom is -0.444 e. The highest BCUT2D eigenvalue weighted by Gasteiger charge is 2.36. The molecule has 2 amide bonds. The molecule has 11 heteroatoms. The van der Waals surface area contributed by atoms with Gasteiger partial charge in [-0.15, -0.1) is 0 Å². The van der Waals surface area contributed by atoms with Crippen molar-refractivity contribution in [2.24, 2.45) is 0 Å². The lowest BCUT2D eigenvalue weighted by Crippen LogP contribution is -2.40. The molecule has 0 spiro atoms. The molecule has 1 saturated heterocycles. The fraction of sp³-hybridized carbons (Fsp3) is 0.394. The average molecular weight is 604 g/mol. The summed E-state index contributed by atoms with van der Waals surface area (Å²) in [6, 6.07) is 6.96. The van der Waals surface area contributed by atoms with Crippen molar-refractivity contribution in [2.75, 3.05) is 18.0 Å². The van der Waals surface area contributed by atoms with Crippen LogP contribution in [-0.2, 0) is 9.53 Å². The first kappa shape index (κ1) is 29.5. The van der Waals surface area contributed by atoms with Gasteiger partial charge in [-0.25, -0.2) is 18.6 Å². The van der Waals surface area contributed by atoms with Gasteiger partial charge < -0.3 is 19.1 Å². The molecule has 1 aromatic carbocycles. The lowest BCUT2D eigenvalue weighted by molar-refractivity contribution is -0.120. The number of imidazole rings is 1. The molecule has 1 atom stereocenters. The molecule has 230 valence electrons. The number of halogens is 2. The highest BCUT2D eigenvalue weighted by molar-refractivity contribution is 5.95. The Bertz CT molecular complexity index is 1780. The number of aryl methyl sites for hydroxylation is 2. The molecule has 2 aliphatic heterocycles. The quantitative estimate of drug-likeness (QED) is 0.246. The van der Waals surface area contributed by atoms with Gasteiger partial charge >= 0.3 is 6.09 Å². The third kappa shape index (κ3) is 5.46. The second-order valence-electron chi connectivity index (χ2n) is 12.4. The van der Waals surface area contributed by atoms with E-state index in [4.69, 9.17) is 14.2 Å². The summed E-state index contributed by atoms with van der Waals surface area (Å²) in [6.07, 6.45) is 5.62. The van der Waals surface area contributed by atoms with Crippen molar-refractivity contribution in [1.82, 2.24) is 19.4 Å². The normalized spacial score (nSPS) is 17.8. The summed E-state index contributed by atoms with van der Waals surface area (Å²) < 4.78 is 41.2. The molecule has 2 aliphatic rings. The number of hydrogen-bond acceptors (Lipinski definition) is 6. The van der Waals surface area contributed by atoms with Crippen LogP contribution in [0.5, 0.6) is 0 Å². The van der Waals surface area contributed by atoms with Crippen LogP contribution < -0.4 is 4.90 Å². The fourth-order valence-corrected chi connectivity index (χ4v) is 6.13. The Labute approximate surface area is 254 Å². The molecule has 44 heavy (non-hydrogen) atoms. The summed E-state index contributed by atoms with van der Waals surface area (Å²) >= 11 is 0. The monoisotopic (exact) mass is 603 g/mol. The highest BCUT2D eigenvalue weighted by atomic mass is 19.2. The maximum Gasteiger partial charge on any atom is 0.410 e. The number of piperidine rings is 1. The van der Waals surface area contributed by atoms with Gasteiger partial charge in [0.1, 0.15) is 17.0 Å². The molecule has 0 unspecified atom stereocenters. The molecule has 6 rings (SSSR count). The zero-order valence-electron chi connectivity index (χ0n) is 25.5. The van der Waals surface area contributed by atoms with Gasteiger partial charge in [-0.2, -0.15) is 0 Å². The zero-order valence-corrected chi connectivity index (χ0v) is 25.5. The number of pyridine rings is 1. The molecule has 3 aromatic heterocycles. The Morgan fingerprint density at radius 1 is 1.09 bits per heavy atom. The summed E-state index contributed by atoms with van der Waals surface area (Å²) in [5.41, 5.74) is 5.34. The van der Waals surface area contributed by atoms with E-state index < -0.39 is 23.3 Å². The lowest BCUT2D eigenvalue weighted by Gasteiger charge is -2.36. The average Bonchev–Trinajstić information content (AvgIpc) is 3.52. The number of hydrogen-bond donors (Lipinski definition) is 0. The number of amides is 2. The van der Waals surface area contributed by atoms with Gasteiger partial charge in [0.05, 0.1) is 23.1 Å². The predicted molar refractivity (Wildman–Crippen MR) is 161 cm³/mol. The van der Waals surface area contributed by atoms with E-state index in [0.717, 1.165) is 40.2 Å². The number of nitrogens with zero attached hydrogens (tertiary/aromatic N) is 5. The van der Waals surface area contributed by atoms with Crippen LogP contribution in [0.15, 0.2) is 47.1 Å². The van der Waals surface area contributed by atoms with Crippen LogP contribution in [-0.4, -0.2) is 50.1 Å². The predicted octanol–water partition coefficient (Wildman–Crippen LogP) is 7.17. The van der Waals surface area contributed by atoms with Gasteiger partial charge in [-0.1, -0.05) is 11.2 Å². The number of carbonyl (C=O) groups is 2. The fourth-order valence-electron chi connectivity index (χ4n) is 6.13. The molecule has 4 aromatic rings. The van der Waals surface area contributed by atoms with Crippen LogP contribution in [0.3, 0.4) is 0 Å². The Balaban J connectivity index is 1.47. The van der Waals surface area contributed by atoms with E-state index in [0.29, 0.717) is 55.9 Å². The molecule has 0 aliphatic carbocycles. The van der Waals surface area contributed by atoms with Crippen molar-refractivity contribution in [3.8, 4) is 11.1 Å². The third-order valence-electron chi connectivity index (χ3n) is 8.09. The highest BCUT2D eigenvalue weighted by Crippen LogP contribution is 2.41. The van der Waals surface area contributed by atoms with E-state index >= 15 is 0 Å². The number of aromatic nitrogens is 3. The van der Waals surface area contributed by atoms with Gasteiger partial charge in [-0.3, -0.25) is 9.20 Å².